The van der Waals surface area contributed by atoms with Gasteiger partial charge in [-0.15, -0.1) is 0 Å². The Morgan fingerprint density at radius 3 is 3.06 bits per heavy atom. The van der Waals surface area contributed by atoms with Crippen LogP contribution in [0.15, 0.2) is 30.5 Å². The number of rotatable bonds is 5. The number of hydrogen-bond acceptors (Lipinski definition) is 3. The van der Waals surface area contributed by atoms with Crippen molar-refractivity contribution in [2.45, 2.75) is 6.42 Å². The lowest BCUT2D eigenvalue weighted by atomic mass is 10.2. The van der Waals surface area contributed by atoms with Crippen LogP contribution in [0.25, 0.3) is 10.9 Å². The highest BCUT2D eigenvalue weighted by Crippen LogP contribution is 2.27. The van der Waals surface area contributed by atoms with E-state index in [1.54, 1.807) is 6.20 Å². The van der Waals surface area contributed by atoms with Crippen LogP contribution in [0.2, 0.25) is 5.02 Å². The molecule has 0 saturated heterocycles. The third-order valence-electron chi connectivity index (χ3n) is 2.56. The van der Waals surface area contributed by atoms with Crippen LogP contribution in [-0.4, -0.2) is 23.5 Å². The minimum atomic E-state index is 0.704. The molecule has 0 bridgehead atoms. The van der Waals surface area contributed by atoms with Gasteiger partial charge >= 0.3 is 0 Å². The maximum atomic E-state index is 6.12. The van der Waals surface area contributed by atoms with Crippen molar-refractivity contribution in [2.75, 3.05) is 23.9 Å². The first kappa shape index (κ1) is 12.5. The molecule has 0 saturated carbocycles. The smallest absolute Gasteiger partial charge is 0.0908 e. The molecule has 4 heteroatoms. The Kier molecular flexibility index (Phi) is 4.51. The van der Waals surface area contributed by atoms with Gasteiger partial charge in [-0.1, -0.05) is 11.6 Å². The Bertz CT molecular complexity index is 502. The summed E-state index contributed by atoms with van der Waals surface area (Å²) in [5, 5.41) is 5.23. The average Bonchev–Trinajstić information content (AvgIpc) is 2.37. The molecule has 17 heavy (non-hydrogen) atoms. The van der Waals surface area contributed by atoms with E-state index in [2.05, 4.69) is 16.6 Å². The molecule has 1 heterocycles. The molecule has 2 nitrogen and oxygen atoms in total. The quantitative estimate of drug-likeness (QED) is 0.827. The largest absolute Gasteiger partial charge is 0.384 e. The van der Waals surface area contributed by atoms with Crippen molar-refractivity contribution >= 4 is 40.0 Å². The number of anilines is 1. The predicted molar refractivity (Wildman–Crippen MR) is 78.2 cm³/mol. The molecule has 0 aliphatic rings. The average molecular weight is 267 g/mol. The summed E-state index contributed by atoms with van der Waals surface area (Å²) in [5.74, 6) is 1.18. The highest BCUT2D eigenvalue weighted by atomic mass is 35.5. The Morgan fingerprint density at radius 2 is 2.24 bits per heavy atom. The van der Waals surface area contributed by atoms with Crippen LogP contribution < -0.4 is 5.32 Å². The molecule has 0 aliphatic carbocycles. The lowest BCUT2D eigenvalue weighted by molar-refractivity contribution is 0.995. The van der Waals surface area contributed by atoms with Gasteiger partial charge < -0.3 is 5.32 Å². The summed E-state index contributed by atoms with van der Waals surface area (Å²) in [6.45, 7) is 0.979. The van der Waals surface area contributed by atoms with Crippen molar-refractivity contribution in [1.29, 1.82) is 0 Å². The van der Waals surface area contributed by atoms with Gasteiger partial charge in [0.2, 0.25) is 0 Å². The normalized spacial score (nSPS) is 10.7. The second kappa shape index (κ2) is 6.12. The molecule has 2 rings (SSSR count). The molecular weight excluding hydrogens is 252 g/mol. The van der Waals surface area contributed by atoms with Gasteiger partial charge in [-0.25, -0.2) is 0 Å². The van der Waals surface area contributed by atoms with Crippen LogP contribution in [0.5, 0.6) is 0 Å². The molecule has 2 aromatic rings. The van der Waals surface area contributed by atoms with Crippen LogP contribution >= 0.6 is 23.4 Å². The van der Waals surface area contributed by atoms with Crippen molar-refractivity contribution in [2.24, 2.45) is 0 Å². The summed E-state index contributed by atoms with van der Waals surface area (Å²) in [6.07, 6.45) is 5.05. The van der Waals surface area contributed by atoms with Crippen LogP contribution in [0.4, 0.5) is 5.69 Å². The first-order chi connectivity index (χ1) is 8.33. The van der Waals surface area contributed by atoms with E-state index in [0.29, 0.717) is 5.02 Å². The highest BCUT2D eigenvalue weighted by Gasteiger charge is 2.04. The maximum absolute atomic E-state index is 6.12. The van der Waals surface area contributed by atoms with Crippen molar-refractivity contribution in [3.05, 3.63) is 35.5 Å². The minimum absolute atomic E-state index is 0.704. The van der Waals surface area contributed by atoms with Gasteiger partial charge in [0.25, 0.3) is 0 Å². The van der Waals surface area contributed by atoms with E-state index in [1.807, 2.05) is 36.0 Å². The Morgan fingerprint density at radius 1 is 1.35 bits per heavy atom. The van der Waals surface area contributed by atoms with Gasteiger partial charge in [-0.3, -0.25) is 4.98 Å². The summed E-state index contributed by atoms with van der Waals surface area (Å²) in [6, 6.07) is 7.90. The zero-order valence-electron chi connectivity index (χ0n) is 9.74. The van der Waals surface area contributed by atoms with E-state index in [0.717, 1.165) is 29.6 Å². The number of nitrogens with zero attached hydrogens (tertiary/aromatic N) is 1. The van der Waals surface area contributed by atoms with E-state index in [9.17, 15) is 0 Å². The van der Waals surface area contributed by atoms with Gasteiger partial charge in [0.15, 0.2) is 0 Å². The molecule has 0 aliphatic heterocycles. The summed E-state index contributed by atoms with van der Waals surface area (Å²) >= 11 is 7.99. The fraction of sp³-hybridized carbons (Fsp3) is 0.308. The Balaban J connectivity index is 2.20. The van der Waals surface area contributed by atoms with Crippen LogP contribution in [0.3, 0.4) is 0 Å². The SMILES string of the molecule is CSCCCNc1ccc(Cl)c2ncccc12. The first-order valence-electron chi connectivity index (χ1n) is 5.59. The van der Waals surface area contributed by atoms with E-state index in [4.69, 9.17) is 11.6 Å². The van der Waals surface area contributed by atoms with Gasteiger partial charge in [0.05, 0.1) is 10.5 Å². The summed E-state index contributed by atoms with van der Waals surface area (Å²) in [5.41, 5.74) is 1.97. The maximum Gasteiger partial charge on any atom is 0.0908 e. The van der Waals surface area contributed by atoms with Gasteiger partial charge in [-0.2, -0.15) is 11.8 Å². The monoisotopic (exact) mass is 266 g/mol. The molecule has 1 aromatic heterocycles. The standard InChI is InChI=1S/C13H15ClN2S/c1-17-9-3-8-15-12-6-5-11(14)13-10(12)4-2-7-16-13/h2,4-7,15H,3,8-9H2,1H3. The van der Waals surface area contributed by atoms with E-state index in [1.165, 1.54) is 5.75 Å². The fourth-order valence-corrected chi connectivity index (χ4v) is 2.38. The lowest BCUT2D eigenvalue weighted by Gasteiger charge is -2.09. The van der Waals surface area contributed by atoms with Crippen LogP contribution in [0, 0.1) is 0 Å². The molecule has 1 N–H and O–H groups in total. The number of aromatic nitrogens is 1. The molecule has 0 fully saturated rings. The molecular formula is C13H15ClN2S. The molecule has 0 atom stereocenters. The van der Waals surface area contributed by atoms with Crippen molar-refractivity contribution in [3.63, 3.8) is 0 Å². The zero-order valence-corrected chi connectivity index (χ0v) is 11.3. The molecule has 1 aromatic carbocycles. The van der Waals surface area contributed by atoms with Crippen LogP contribution in [0.1, 0.15) is 6.42 Å². The Labute approximate surface area is 111 Å². The van der Waals surface area contributed by atoms with Gasteiger partial charge in [-0.05, 0) is 42.7 Å². The predicted octanol–water partition coefficient (Wildman–Crippen LogP) is 4.05. The first-order valence-corrected chi connectivity index (χ1v) is 7.36. The second-order valence-corrected chi connectivity index (χ2v) is 5.16. The van der Waals surface area contributed by atoms with Gasteiger partial charge in [0.1, 0.15) is 0 Å². The van der Waals surface area contributed by atoms with Gasteiger partial charge in [0, 0.05) is 23.8 Å². The number of benzene rings is 1. The summed E-state index contributed by atoms with van der Waals surface area (Å²) in [7, 11) is 0. The molecule has 0 radical (unpaired) electrons. The highest BCUT2D eigenvalue weighted by molar-refractivity contribution is 7.98. The fourth-order valence-electron chi connectivity index (χ4n) is 1.73. The minimum Gasteiger partial charge on any atom is -0.384 e. The van der Waals surface area contributed by atoms with Crippen molar-refractivity contribution in [1.82, 2.24) is 4.98 Å². The number of thioether (sulfide) groups is 1. The Hall–Kier alpha value is -0.930. The molecule has 0 spiro atoms. The number of nitrogens with one attached hydrogen (secondary N) is 1. The third-order valence-corrected chi connectivity index (χ3v) is 3.56. The van der Waals surface area contributed by atoms with Crippen molar-refractivity contribution in [3.8, 4) is 0 Å². The number of pyridine rings is 1. The number of halogens is 1. The zero-order chi connectivity index (χ0) is 12.1. The molecule has 0 unspecified atom stereocenters. The second-order valence-electron chi connectivity index (χ2n) is 3.77. The summed E-state index contributed by atoms with van der Waals surface area (Å²) in [4.78, 5) is 4.31. The van der Waals surface area contributed by atoms with E-state index < -0.39 is 0 Å². The molecule has 90 valence electrons. The third kappa shape index (κ3) is 3.05. The van der Waals surface area contributed by atoms with Crippen molar-refractivity contribution < 1.29 is 0 Å². The number of fused-ring (bicyclic) bond motifs is 1. The van der Waals surface area contributed by atoms with Crippen LogP contribution in [-0.2, 0) is 0 Å². The summed E-state index contributed by atoms with van der Waals surface area (Å²) < 4.78 is 0. The molecule has 0 amide bonds. The lowest BCUT2D eigenvalue weighted by Crippen LogP contribution is -2.03. The number of hydrogen-bond donors (Lipinski definition) is 1. The van der Waals surface area contributed by atoms with E-state index >= 15 is 0 Å². The topological polar surface area (TPSA) is 24.9 Å². The van der Waals surface area contributed by atoms with E-state index in [-0.39, 0.29) is 0 Å².